The van der Waals surface area contributed by atoms with Crippen LogP contribution in [0, 0.1) is 6.92 Å². The summed E-state index contributed by atoms with van der Waals surface area (Å²) < 4.78 is 7.51. The highest BCUT2D eigenvalue weighted by Crippen LogP contribution is 2.16. The van der Waals surface area contributed by atoms with Crippen molar-refractivity contribution in [2.75, 3.05) is 39.3 Å². The van der Waals surface area contributed by atoms with Crippen LogP contribution in [0.3, 0.4) is 0 Å². The number of fused-ring (bicyclic) bond motifs is 1. The Balaban J connectivity index is 1.32. The number of carbonyl (C=O) groups excluding carboxylic acids is 1. The van der Waals surface area contributed by atoms with Crippen LogP contribution in [0.4, 0.5) is 0 Å². The van der Waals surface area contributed by atoms with Crippen LogP contribution in [-0.2, 0) is 6.54 Å². The van der Waals surface area contributed by atoms with Crippen LogP contribution in [0.25, 0.3) is 11.0 Å². The first kappa shape index (κ1) is 21.0. The fraction of sp³-hybridized carbons (Fsp3) is 0.435. The van der Waals surface area contributed by atoms with Crippen LogP contribution in [0.2, 0.25) is 0 Å². The van der Waals surface area contributed by atoms with E-state index in [1.54, 1.807) is 12.1 Å². The molecule has 164 valence electrons. The Morgan fingerprint density at radius 3 is 2.65 bits per heavy atom. The summed E-state index contributed by atoms with van der Waals surface area (Å²) in [5, 5.41) is 3.39. The highest BCUT2D eigenvalue weighted by Gasteiger charge is 2.25. The number of imidazole rings is 1. The van der Waals surface area contributed by atoms with E-state index in [1.165, 1.54) is 11.8 Å². The van der Waals surface area contributed by atoms with E-state index in [2.05, 4.69) is 51.8 Å². The SMILES string of the molecule is CCNC(=NCCCn1c(C)nc2ccccc21)N1CCN(C(=O)c2ccco2)CC1. The number of nitrogens with zero attached hydrogens (tertiary/aromatic N) is 5. The lowest BCUT2D eigenvalue weighted by Gasteiger charge is -2.36. The second-order valence-corrected chi connectivity index (χ2v) is 7.65. The van der Waals surface area contributed by atoms with Crippen molar-refractivity contribution in [3.05, 3.63) is 54.2 Å². The number of benzene rings is 1. The lowest BCUT2D eigenvalue weighted by Crippen LogP contribution is -2.53. The Hall–Kier alpha value is -3.29. The van der Waals surface area contributed by atoms with E-state index in [9.17, 15) is 4.79 Å². The maximum Gasteiger partial charge on any atom is 0.289 e. The second kappa shape index (κ2) is 9.68. The molecule has 8 heteroatoms. The Morgan fingerprint density at radius 2 is 1.90 bits per heavy atom. The molecule has 0 aliphatic carbocycles. The Bertz CT molecular complexity index is 1030. The summed E-state index contributed by atoms with van der Waals surface area (Å²) >= 11 is 0. The first-order chi connectivity index (χ1) is 15.2. The molecule has 1 aliphatic rings. The van der Waals surface area contributed by atoms with Crippen molar-refractivity contribution in [1.29, 1.82) is 0 Å². The van der Waals surface area contributed by atoms with Gasteiger partial charge in [-0.1, -0.05) is 12.1 Å². The normalized spacial score (nSPS) is 15.0. The Morgan fingerprint density at radius 1 is 1.13 bits per heavy atom. The quantitative estimate of drug-likeness (QED) is 0.375. The number of aromatic nitrogens is 2. The standard InChI is InChI=1S/C23H30N6O2/c1-3-24-23(28-15-13-27(14-16-28)22(30)21-10-6-17-31-21)25-11-7-12-29-18(2)26-19-8-4-5-9-20(19)29/h4-6,8-10,17H,3,7,11-16H2,1-2H3,(H,24,25). The molecule has 0 radical (unpaired) electrons. The summed E-state index contributed by atoms with van der Waals surface area (Å²) in [6.45, 7) is 9.39. The van der Waals surface area contributed by atoms with Gasteiger partial charge in [0.25, 0.3) is 5.91 Å². The number of hydrogen-bond donors (Lipinski definition) is 1. The third kappa shape index (κ3) is 4.73. The summed E-state index contributed by atoms with van der Waals surface area (Å²) in [7, 11) is 0. The van der Waals surface area contributed by atoms with Gasteiger partial charge in [0, 0.05) is 45.8 Å². The van der Waals surface area contributed by atoms with E-state index in [4.69, 9.17) is 9.41 Å². The molecule has 0 saturated carbocycles. The number of piperazine rings is 1. The van der Waals surface area contributed by atoms with Gasteiger partial charge in [0.05, 0.1) is 17.3 Å². The number of amides is 1. The molecule has 1 aliphatic heterocycles. The van der Waals surface area contributed by atoms with Gasteiger partial charge in [-0.2, -0.15) is 0 Å². The van der Waals surface area contributed by atoms with E-state index in [1.807, 2.05) is 11.0 Å². The molecule has 1 saturated heterocycles. The molecule has 0 unspecified atom stereocenters. The average molecular weight is 423 g/mol. The predicted octanol–water partition coefficient (Wildman–Crippen LogP) is 2.75. The van der Waals surface area contributed by atoms with Gasteiger partial charge in [0.15, 0.2) is 11.7 Å². The zero-order chi connectivity index (χ0) is 21.6. The van der Waals surface area contributed by atoms with E-state index < -0.39 is 0 Å². The highest BCUT2D eigenvalue weighted by molar-refractivity contribution is 5.91. The molecule has 8 nitrogen and oxygen atoms in total. The van der Waals surface area contributed by atoms with Crippen molar-refractivity contribution in [1.82, 2.24) is 24.7 Å². The summed E-state index contributed by atoms with van der Waals surface area (Å²) in [5.41, 5.74) is 2.21. The van der Waals surface area contributed by atoms with Crippen LogP contribution < -0.4 is 5.32 Å². The summed E-state index contributed by atoms with van der Waals surface area (Å²) in [6.07, 6.45) is 2.47. The number of aliphatic imine (C=N–C) groups is 1. The van der Waals surface area contributed by atoms with Gasteiger partial charge in [0.2, 0.25) is 0 Å². The van der Waals surface area contributed by atoms with Crippen molar-refractivity contribution < 1.29 is 9.21 Å². The third-order valence-corrected chi connectivity index (χ3v) is 5.58. The van der Waals surface area contributed by atoms with E-state index in [-0.39, 0.29) is 5.91 Å². The second-order valence-electron chi connectivity index (χ2n) is 7.65. The minimum atomic E-state index is -0.0467. The summed E-state index contributed by atoms with van der Waals surface area (Å²) in [5.74, 6) is 2.31. The molecule has 1 aromatic carbocycles. The molecule has 0 atom stereocenters. The number of furan rings is 1. The molecule has 0 bridgehead atoms. The zero-order valence-corrected chi connectivity index (χ0v) is 18.3. The topological polar surface area (TPSA) is 78.9 Å². The average Bonchev–Trinajstić information content (AvgIpc) is 3.43. The molecule has 31 heavy (non-hydrogen) atoms. The van der Waals surface area contributed by atoms with Crippen molar-refractivity contribution in [2.45, 2.75) is 26.8 Å². The summed E-state index contributed by atoms with van der Waals surface area (Å²) in [4.78, 5) is 26.0. The van der Waals surface area contributed by atoms with Gasteiger partial charge < -0.3 is 24.1 Å². The number of para-hydroxylation sites is 2. The van der Waals surface area contributed by atoms with E-state index in [0.29, 0.717) is 18.8 Å². The van der Waals surface area contributed by atoms with Crippen molar-refractivity contribution >= 4 is 22.9 Å². The first-order valence-corrected chi connectivity index (χ1v) is 10.9. The number of hydrogen-bond acceptors (Lipinski definition) is 4. The van der Waals surface area contributed by atoms with Crippen molar-refractivity contribution in [2.24, 2.45) is 4.99 Å². The van der Waals surface area contributed by atoms with E-state index >= 15 is 0 Å². The monoisotopic (exact) mass is 422 g/mol. The molecule has 1 N–H and O–H groups in total. The van der Waals surface area contributed by atoms with Gasteiger partial charge in [-0.15, -0.1) is 0 Å². The molecule has 2 aromatic heterocycles. The predicted molar refractivity (Wildman–Crippen MR) is 121 cm³/mol. The Labute approximate surface area is 182 Å². The lowest BCUT2D eigenvalue weighted by atomic mass is 10.3. The van der Waals surface area contributed by atoms with Gasteiger partial charge in [0.1, 0.15) is 5.82 Å². The fourth-order valence-electron chi connectivity index (χ4n) is 4.00. The molecule has 3 aromatic rings. The maximum atomic E-state index is 12.5. The van der Waals surface area contributed by atoms with Gasteiger partial charge in [-0.25, -0.2) is 4.98 Å². The van der Waals surface area contributed by atoms with Crippen LogP contribution in [0.1, 0.15) is 29.7 Å². The van der Waals surface area contributed by atoms with Gasteiger partial charge in [-0.3, -0.25) is 9.79 Å². The lowest BCUT2D eigenvalue weighted by molar-refractivity contribution is 0.0657. The number of carbonyl (C=O) groups is 1. The fourth-order valence-corrected chi connectivity index (χ4v) is 4.00. The van der Waals surface area contributed by atoms with E-state index in [0.717, 1.165) is 56.4 Å². The van der Waals surface area contributed by atoms with Crippen molar-refractivity contribution in [3.8, 4) is 0 Å². The number of aryl methyl sites for hydroxylation is 2. The van der Waals surface area contributed by atoms with Crippen LogP contribution in [0.5, 0.6) is 0 Å². The number of nitrogens with one attached hydrogen (secondary N) is 1. The molecule has 1 amide bonds. The maximum absolute atomic E-state index is 12.5. The summed E-state index contributed by atoms with van der Waals surface area (Å²) in [6, 6.07) is 11.7. The first-order valence-electron chi connectivity index (χ1n) is 10.9. The highest BCUT2D eigenvalue weighted by atomic mass is 16.3. The largest absolute Gasteiger partial charge is 0.459 e. The zero-order valence-electron chi connectivity index (χ0n) is 18.3. The molecule has 0 spiro atoms. The Kier molecular flexibility index (Phi) is 6.54. The van der Waals surface area contributed by atoms with Crippen LogP contribution in [0.15, 0.2) is 52.1 Å². The minimum Gasteiger partial charge on any atom is -0.459 e. The third-order valence-electron chi connectivity index (χ3n) is 5.58. The molecule has 4 rings (SSSR count). The van der Waals surface area contributed by atoms with Crippen LogP contribution >= 0.6 is 0 Å². The number of guanidine groups is 1. The molecule has 3 heterocycles. The molecule has 1 fully saturated rings. The molecular weight excluding hydrogens is 392 g/mol. The smallest absolute Gasteiger partial charge is 0.289 e. The number of rotatable bonds is 6. The minimum absolute atomic E-state index is 0.0467. The van der Waals surface area contributed by atoms with Gasteiger partial charge >= 0.3 is 0 Å². The van der Waals surface area contributed by atoms with Crippen LogP contribution in [-0.4, -0.2) is 70.5 Å². The van der Waals surface area contributed by atoms with Gasteiger partial charge in [-0.05, 0) is 44.5 Å². The molecular formula is C23H30N6O2. The van der Waals surface area contributed by atoms with Crippen molar-refractivity contribution in [3.63, 3.8) is 0 Å².